The lowest BCUT2D eigenvalue weighted by Gasteiger charge is -2.35. The topological polar surface area (TPSA) is 54.5 Å². The molecule has 1 atom stereocenters. The highest BCUT2D eigenvalue weighted by Crippen LogP contribution is 2.22. The monoisotopic (exact) mass is 367 g/mol. The number of benzene rings is 1. The fraction of sp³-hybridized carbons (Fsp3) is 0.455. The summed E-state index contributed by atoms with van der Waals surface area (Å²) in [5, 5.41) is 3.40. The van der Waals surface area contributed by atoms with Gasteiger partial charge in [-0.25, -0.2) is 0 Å². The molecular weight excluding hydrogens is 338 g/mol. The minimum atomic E-state index is 0.0537. The number of ether oxygens (including phenoxy) is 1. The van der Waals surface area contributed by atoms with Crippen LogP contribution in [0.2, 0.25) is 0 Å². The number of anilines is 1. The predicted molar refractivity (Wildman–Crippen MR) is 108 cm³/mol. The molecule has 0 spiro atoms. The number of carbonyl (C=O) groups is 1. The van der Waals surface area contributed by atoms with Gasteiger partial charge in [-0.05, 0) is 61.9 Å². The fourth-order valence-corrected chi connectivity index (χ4v) is 3.68. The van der Waals surface area contributed by atoms with Gasteiger partial charge in [0.1, 0.15) is 11.4 Å². The summed E-state index contributed by atoms with van der Waals surface area (Å²) in [7, 11) is 1.68. The highest BCUT2D eigenvalue weighted by Gasteiger charge is 2.26. The van der Waals surface area contributed by atoms with Gasteiger partial charge in [-0.2, -0.15) is 0 Å². The zero-order valence-corrected chi connectivity index (χ0v) is 16.3. The van der Waals surface area contributed by atoms with Gasteiger partial charge in [0.2, 0.25) is 0 Å². The Kier molecular flexibility index (Phi) is 6.69. The Morgan fingerprint density at radius 2 is 2.19 bits per heavy atom. The molecule has 1 aliphatic rings. The zero-order valence-electron chi connectivity index (χ0n) is 16.3. The van der Waals surface area contributed by atoms with Crippen LogP contribution in [-0.4, -0.2) is 42.0 Å². The highest BCUT2D eigenvalue weighted by molar-refractivity contribution is 5.93. The van der Waals surface area contributed by atoms with Crippen molar-refractivity contribution in [3.63, 3.8) is 0 Å². The van der Waals surface area contributed by atoms with Gasteiger partial charge < -0.3 is 15.0 Å². The molecule has 144 valence electrons. The summed E-state index contributed by atoms with van der Waals surface area (Å²) in [4.78, 5) is 19.2. The van der Waals surface area contributed by atoms with Crippen molar-refractivity contribution in [2.45, 2.75) is 45.1 Å². The van der Waals surface area contributed by atoms with Crippen LogP contribution < -0.4 is 10.1 Å². The molecule has 3 rings (SSSR count). The number of piperidine rings is 1. The van der Waals surface area contributed by atoms with Crippen LogP contribution in [0.3, 0.4) is 0 Å². The summed E-state index contributed by atoms with van der Waals surface area (Å²) >= 11 is 0. The van der Waals surface area contributed by atoms with Gasteiger partial charge in [-0.15, -0.1) is 0 Å². The SMILES string of the molecule is CCC1CCCCN1C(=O)c1cc(NCCc2cccc(OC)c2)ccn1. The molecule has 1 unspecified atom stereocenters. The Bertz CT molecular complexity index is 763. The summed E-state index contributed by atoms with van der Waals surface area (Å²) in [6, 6.07) is 12.2. The van der Waals surface area contributed by atoms with E-state index in [-0.39, 0.29) is 5.91 Å². The Morgan fingerprint density at radius 3 is 3.00 bits per heavy atom. The molecule has 2 aromatic rings. The molecule has 1 N–H and O–H groups in total. The number of rotatable bonds is 7. The maximum absolute atomic E-state index is 12.9. The second-order valence-electron chi connectivity index (χ2n) is 7.01. The summed E-state index contributed by atoms with van der Waals surface area (Å²) in [6.07, 6.45) is 6.99. The van der Waals surface area contributed by atoms with Crippen LogP contribution in [0.15, 0.2) is 42.6 Å². The van der Waals surface area contributed by atoms with Crippen molar-refractivity contribution in [2.24, 2.45) is 0 Å². The number of hydrogen-bond donors (Lipinski definition) is 1. The molecule has 0 bridgehead atoms. The third-order valence-electron chi connectivity index (χ3n) is 5.22. The van der Waals surface area contributed by atoms with Crippen LogP contribution in [0.4, 0.5) is 5.69 Å². The molecule has 0 saturated carbocycles. The van der Waals surface area contributed by atoms with Gasteiger partial charge in [0.15, 0.2) is 0 Å². The van der Waals surface area contributed by atoms with Gasteiger partial charge in [-0.1, -0.05) is 19.1 Å². The van der Waals surface area contributed by atoms with E-state index in [2.05, 4.69) is 23.3 Å². The molecule has 2 heterocycles. The third-order valence-corrected chi connectivity index (χ3v) is 5.22. The van der Waals surface area contributed by atoms with E-state index < -0.39 is 0 Å². The van der Waals surface area contributed by atoms with Crippen molar-refractivity contribution in [1.82, 2.24) is 9.88 Å². The van der Waals surface area contributed by atoms with Gasteiger partial charge in [0.25, 0.3) is 5.91 Å². The minimum absolute atomic E-state index is 0.0537. The molecule has 1 aromatic carbocycles. The number of amides is 1. The van der Waals surface area contributed by atoms with Crippen LogP contribution in [-0.2, 0) is 6.42 Å². The lowest BCUT2D eigenvalue weighted by Crippen LogP contribution is -2.43. The van der Waals surface area contributed by atoms with Crippen LogP contribution in [0, 0.1) is 0 Å². The average Bonchev–Trinajstić information content (AvgIpc) is 2.73. The van der Waals surface area contributed by atoms with Gasteiger partial charge in [-0.3, -0.25) is 9.78 Å². The number of nitrogens with one attached hydrogen (secondary N) is 1. The first-order chi connectivity index (χ1) is 13.2. The Balaban J connectivity index is 1.60. The lowest BCUT2D eigenvalue weighted by atomic mass is 9.99. The minimum Gasteiger partial charge on any atom is -0.497 e. The molecule has 1 saturated heterocycles. The lowest BCUT2D eigenvalue weighted by molar-refractivity contribution is 0.0602. The maximum Gasteiger partial charge on any atom is 0.272 e. The van der Waals surface area contributed by atoms with Crippen molar-refractivity contribution in [3.05, 3.63) is 53.9 Å². The second kappa shape index (κ2) is 9.40. The number of carbonyl (C=O) groups excluding carboxylic acids is 1. The van der Waals surface area contributed by atoms with Crippen molar-refractivity contribution in [2.75, 3.05) is 25.5 Å². The van der Waals surface area contributed by atoms with E-state index in [1.54, 1.807) is 13.3 Å². The first-order valence-electron chi connectivity index (χ1n) is 9.85. The normalized spacial score (nSPS) is 16.8. The Hall–Kier alpha value is -2.56. The van der Waals surface area contributed by atoms with E-state index in [4.69, 9.17) is 4.74 Å². The second-order valence-corrected chi connectivity index (χ2v) is 7.01. The first kappa shape index (κ1) is 19.2. The van der Waals surface area contributed by atoms with Crippen LogP contribution in [0.25, 0.3) is 0 Å². The smallest absolute Gasteiger partial charge is 0.272 e. The van der Waals surface area contributed by atoms with Crippen molar-refractivity contribution in [3.8, 4) is 5.75 Å². The summed E-state index contributed by atoms with van der Waals surface area (Å²) < 4.78 is 5.27. The Labute approximate surface area is 161 Å². The quantitative estimate of drug-likeness (QED) is 0.799. The van der Waals surface area contributed by atoms with E-state index in [0.717, 1.165) is 50.2 Å². The first-order valence-corrected chi connectivity index (χ1v) is 9.85. The van der Waals surface area contributed by atoms with E-state index >= 15 is 0 Å². The molecule has 5 heteroatoms. The molecule has 1 amide bonds. The standard InChI is InChI=1S/C22H29N3O2/c1-3-19-8-4-5-14-25(19)22(26)21-16-18(11-13-24-21)23-12-10-17-7-6-9-20(15-17)27-2/h6-7,9,11,13,15-16,19H,3-5,8,10,12,14H2,1-2H3,(H,23,24). The van der Waals surface area contributed by atoms with Crippen molar-refractivity contribution in [1.29, 1.82) is 0 Å². The molecule has 5 nitrogen and oxygen atoms in total. The largest absolute Gasteiger partial charge is 0.497 e. The molecule has 1 fully saturated rings. The van der Waals surface area contributed by atoms with Crippen LogP contribution >= 0.6 is 0 Å². The van der Waals surface area contributed by atoms with Gasteiger partial charge in [0.05, 0.1) is 7.11 Å². The van der Waals surface area contributed by atoms with Gasteiger partial charge in [0, 0.05) is 31.0 Å². The van der Waals surface area contributed by atoms with Crippen molar-refractivity contribution >= 4 is 11.6 Å². The fourth-order valence-electron chi connectivity index (χ4n) is 3.68. The predicted octanol–water partition coefficient (Wildman–Crippen LogP) is 4.15. The van der Waals surface area contributed by atoms with E-state index in [1.807, 2.05) is 35.2 Å². The Morgan fingerprint density at radius 1 is 1.30 bits per heavy atom. The number of nitrogens with zero attached hydrogens (tertiary/aromatic N) is 2. The number of likely N-dealkylation sites (tertiary alicyclic amines) is 1. The molecule has 0 radical (unpaired) electrons. The maximum atomic E-state index is 12.9. The van der Waals surface area contributed by atoms with E-state index in [0.29, 0.717) is 11.7 Å². The van der Waals surface area contributed by atoms with Crippen molar-refractivity contribution < 1.29 is 9.53 Å². The number of aromatic nitrogens is 1. The van der Waals surface area contributed by atoms with E-state index in [1.165, 1.54) is 12.0 Å². The third kappa shape index (κ3) is 5.00. The van der Waals surface area contributed by atoms with Crippen LogP contribution in [0.5, 0.6) is 5.75 Å². The van der Waals surface area contributed by atoms with Gasteiger partial charge >= 0.3 is 0 Å². The highest BCUT2D eigenvalue weighted by atomic mass is 16.5. The summed E-state index contributed by atoms with van der Waals surface area (Å²) in [5.41, 5.74) is 2.68. The molecule has 1 aromatic heterocycles. The molecule has 1 aliphatic heterocycles. The zero-order chi connectivity index (χ0) is 19.1. The number of hydrogen-bond acceptors (Lipinski definition) is 4. The molecule has 27 heavy (non-hydrogen) atoms. The molecular formula is C22H29N3O2. The average molecular weight is 367 g/mol. The van der Waals surface area contributed by atoms with Crippen LogP contribution in [0.1, 0.15) is 48.7 Å². The van der Waals surface area contributed by atoms with E-state index in [9.17, 15) is 4.79 Å². The molecule has 0 aliphatic carbocycles. The number of pyridine rings is 1. The number of methoxy groups -OCH3 is 1. The summed E-state index contributed by atoms with van der Waals surface area (Å²) in [6.45, 7) is 3.78. The summed E-state index contributed by atoms with van der Waals surface area (Å²) in [5.74, 6) is 0.925.